The Labute approximate surface area is 135 Å². The first-order valence-electron chi connectivity index (χ1n) is 6.97. The predicted molar refractivity (Wildman–Crippen MR) is 90.4 cm³/mol. The Morgan fingerprint density at radius 1 is 1.05 bits per heavy atom. The third-order valence-corrected chi connectivity index (χ3v) is 4.30. The predicted octanol–water partition coefficient (Wildman–Crippen LogP) is 3.27. The summed E-state index contributed by atoms with van der Waals surface area (Å²) < 4.78 is 0. The fraction of sp³-hybridized carbons (Fsp3) is 0.312. The molecule has 0 radical (unpaired) electrons. The first-order valence-corrected chi connectivity index (χ1v) is 7.91. The van der Waals surface area contributed by atoms with Crippen LogP contribution >= 0.6 is 23.7 Å². The van der Waals surface area contributed by atoms with Crippen molar-refractivity contribution >= 4 is 29.7 Å². The third-order valence-electron chi connectivity index (χ3n) is 3.61. The van der Waals surface area contributed by atoms with Crippen LogP contribution in [0.25, 0.3) is 11.1 Å². The summed E-state index contributed by atoms with van der Waals surface area (Å²) >= 11 is 1.69. The van der Waals surface area contributed by atoms with E-state index in [1.165, 1.54) is 11.1 Å². The van der Waals surface area contributed by atoms with Crippen LogP contribution in [0.2, 0.25) is 0 Å². The summed E-state index contributed by atoms with van der Waals surface area (Å²) in [5.74, 6) is 0.144. The Balaban J connectivity index is 0.00000161. The average molecular weight is 323 g/mol. The SMILES string of the molecule is Cl.O=C(c1ccc(-c2ccsc2)cc1)N1CCCNCC1. The number of hydrogen-bond acceptors (Lipinski definition) is 3. The molecule has 5 heteroatoms. The lowest BCUT2D eigenvalue weighted by Crippen LogP contribution is -2.34. The summed E-state index contributed by atoms with van der Waals surface area (Å²) in [6.07, 6.45) is 1.03. The van der Waals surface area contributed by atoms with E-state index < -0.39 is 0 Å². The highest BCUT2D eigenvalue weighted by molar-refractivity contribution is 7.08. The number of carbonyl (C=O) groups excluding carboxylic acids is 1. The Hall–Kier alpha value is -1.36. The second-order valence-corrected chi connectivity index (χ2v) is 5.77. The molecular weight excluding hydrogens is 304 g/mol. The Morgan fingerprint density at radius 2 is 1.86 bits per heavy atom. The van der Waals surface area contributed by atoms with Crippen LogP contribution in [0.15, 0.2) is 41.1 Å². The van der Waals surface area contributed by atoms with E-state index in [2.05, 4.69) is 22.1 Å². The van der Waals surface area contributed by atoms with Gasteiger partial charge in [-0.05, 0) is 53.1 Å². The van der Waals surface area contributed by atoms with Crippen molar-refractivity contribution in [3.8, 4) is 11.1 Å². The van der Waals surface area contributed by atoms with Gasteiger partial charge in [-0.3, -0.25) is 4.79 Å². The van der Waals surface area contributed by atoms with Crippen LogP contribution in [0.5, 0.6) is 0 Å². The van der Waals surface area contributed by atoms with Gasteiger partial charge < -0.3 is 10.2 Å². The molecule has 1 amide bonds. The van der Waals surface area contributed by atoms with E-state index in [0.29, 0.717) is 0 Å². The zero-order chi connectivity index (χ0) is 13.8. The van der Waals surface area contributed by atoms with Crippen LogP contribution in [0.1, 0.15) is 16.8 Å². The van der Waals surface area contributed by atoms with E-state index in [1.807, 2.05) is 29.2 Å². The number of nitrogens with zero attached hydrogens (tertiary/aromatic N) is 1. The van der Waals surface area contributed by atoms with Crippen molar-refractivity contribution in [3.63, 3.8) is 0 Å². The molecule has 1 fully saturated rings. The fourth-order valence-electron chi connectivity index (χ4n) is 2.47. The molecule has 0 unspecified atom stereocenters. The molecule has 1 aromatic carbocycles. The van der Waals surface area contributed by atoms with Crippen molar-refractivity contribution in [1.82, 2.24) is 10.2 Å². The van der Waals surface area contributed by atoms with Crippen LogP contribution < -0.4 is 5.32 Å². The highest BCUT2D eigenvalue weighted by Crippen LogP contribution is 2.22. The third kappa shape index (κ3) is 3.84. The molecule has 21 heavy (non-hydrogen) atoms. The number of nitrogens with one attached hydrogen (secondary N) is 1. The molecule has 0 saturated carbocycles. The zero-order valence-electron chi connectivity index (χ0n) is 11.7. The molecule has 2 aromatic rings. The molecule has 2 heterocycles. The lowest BCUT2D eigenvalue weighted by molar-refractivity contribution is 0.0766. The van der Waals surface area contributed by atoms with Crippen molar-refractivity contribution in [1.29, 1.82) is 0 Å². The highest BCUT2D eigenvalue weighted by Gasteiger charge is 2.16. The molecule has 3 rings (SSSR count). The van der Waals surface area contributed by atoms with Gasteiger partial charge in [0.1, 0.15) is 0 Å². The zero-order valence-corrected chi connectivity index (χ0v) is 13.4. The van der Waals surface area contributed by atoms with Gasteiger partial charge in [0.25, 0.3) is 5.91 Å². The maximum absolute atomic E-state index is 12.5. The maximum Gasteiger partial charge on any atom is 0.253 e. The highest BCUT2D eigenvalue weighted by atomic mass is 35.5. The first-order chi connectivity index (χ1) is 9.84. The van der Waals surface area contributed by atoms with Crippen molar-refractivity contribution in [2.24, 2.45) is 0 Å². The monoisotopic (exact) mass is 322 g/mol. The van der Waals surface area contributed by atoms with Crippen molar-refractivity contribution < 1.29 is 4.79 Å². The quantitative estimate of drug-likeness (QED) is 0.920. The molecule has 1 saturated heterocycles. The van der Waals surface area contributed by atoms with Gasteiger partial charge in [-0.2, -0.15) is 11.3 Å². The topological polar surface area (TPSA) is 32.3 Å². The number of amides is 1. The molecule has 0 atom stereocenters. The number of benzene rings is 1. The van der Waals surface area contributed by atoms with E-state index in [0.717, 1.165) is 38.2 Å². The lowest BCUT2D eigenvalue weighted by Gasteiger charge is -2.20. The van der Waals surface area contributed by atoms with Gasteiger partial charge in [-0.1, -0.05) is 12.1 Å². The summed E-state index contributed by atoms with van der Waals surface area (Å²) in [6, 6.07) is 10.0. The molecule has 0 aliphatic carbocycles. The number of thiophene rings is 1. The molecule has 0 spiro atoms. The largest absolute Gasteiger partial charge is 0.337 e. The van der Waals surface area contributed by atoms with E-state index in [1.54, 1.807) is 11.3 Å². The molecule has 112 valence electrons. The van der Waals surface area contributed by atoms with E-state index in [4.69, 9.17) is 0 Å². The van der Waals surface area contributed by atoms with E-state index in [9.17, 15) is 4.79 Å². The summed E-state index contributed by atoms with van der Waals surface area (Å²) in [4.78, 5) is 14.4. The number of carbonyl (C=O) groups is 1. The Kier molecular flexibility index (Phi) is 5.79. The van der Waals surface area contributed by atoms with Crippen molar-refractivity contribution in [2.45, 2.75) is 6.42 Å². The Morgan fingerprint density at radius 3 is 2.57 bits per heavy atom. The van der Waals surface area contributed by atoms with Crippen LogP contribution in [0, 0.1) is 0 Å². The number of rotatable bonds is 2. The second kappa shape index (κ2) is 7.59. The van der Waals surface area contributed by atoms with Crippen molar-refractivity contribution in [3.05, 3.63) is 46.7 Å². The Bertz CT molecular complexity index is 560. The summed E-state index contributed by atoms with van der Waals surface area (Å²) in [5, 5.41) is 7.51. The number of halogens is 1. The number of hydrogen-bond donors (Lipinski definition) is 1. The summed E-state index contributed by atoms with van der Waals surface area (Å²) in [5.41, 5.74) is 3.17. The normalized spacial score (nSPS) is 15.1. The molecule has 1 aliphatic heterocycles. The summed E-state index contributed by atoms with van der Waals surface area (Å²) in [7, 11) is 0. The van der Waals surface area contributed by atoms with Crippen molar-refractivity contribution in [2.75, 3.05) is 26.2 Å². The van der Waals surface area contributed by atoms with Gasteiger partial charge in [0, 0.05) is 25.2 Å². The van der Waals surface area contributed by atoms with Gasteiger partial charge >= 0.3 is 0 Å². The van der Waals surface area contributed by atoms with Crippen LogP contribution in [0.4, 0.5) is 0 Å². The second-order valence-electron chi connectivity index (χ2n) is 4.99. The maximum atomic E-state index is 12.5. The minimum absolute atomic E-state index is 0. The first kappa shape index (κ1) is 16.0. The molecule has 1 N–H and O–H groups in total. The molecular formula is C16H19ClN2OS. The standard InChI is InChI=1S/C16H18N2OS.ClH/c19-16(18-9-1-7-17-8-10-18)14-4-2-13(3-5-14)15-6-11-20-12-15;/h2-6,11-12,17H,1,7-10H2;1H. The van der Waals surface area contributed by atoms with Gasteiger partial charge in [-0.25, -0.2) is 0 Å². The van der Waals surface area contributed by atoms with Gasteiger partial charge in [0.15, 0.2) is 0 Å². The van der Waals surface area contributed by atoms with E-state index >= 15 is 0 Å². The average Bonchev–Trinajstić information content (AvgIpc) is 2.89. The van der Waals surface area contributed by atoms with E-state index in [-0.39, 0.29) is 18.3 Å². The minimum atomic E-state index is 0. The smallest absolute Gasteiger partial charge is 0.253 e. The fourth-order valence-corrected chi connectivity index (χ4v) is 3.13. The van der Waals surface area contributed by atoms with Crippen LogP contribution in [-0.2, 0) is 0 Å². The molecule has 1 aliphatic rings. The van der Waals surface area contributed by atoms with Crippen LogP contribution in [-0.4, -0.2) is 37.0 Å². The molecule has 3 nitrogen and oxygen atoms in total. The lowest BCUT2D eigenvalue weighted by atomic mass is 10.1. The summed E-state index contributed by atoms with van der Waals surface area (Å²) in [6.45, 7) is 3.53. The van der Waals surface area contributed by atoms with Crippen LogP contribution in [0.3, 0.4) is 0 Å². The van der Waals surface area contributed by atoms with Gasteiger partial charge in [0.2, 0.25) is 0 Å². The molecule has 1 aromatic heterocycles. The van der Waals surface area contributed by atoms with Gasteiger partial charge in [-0.15, -0.1) is 12.4 Å². The van der Waals surface area contributed by atoms with Gasteiger partial charge in [0.05, 0.1) is 0 Å². The molecule has 0 bridgehead atoms. The minimum Gasteiger partial charge on any atom is -0.337 e.